The minimum absolute atomic E-state index is 0.0751. The predicted molar refractivity (Wildman–Crippen MR) is 311 cm³/mol. The molecule has 0 N–H and O–H groups in total. The fourth-order valence-corrected chi connectivity index (χ4v) is 8.82. The summed E-state index contributed by atoms with van der Waals surface area (Å²) in [5, 5.41) is 0. The maximum Gasteiger partial charge on any atom is 0.306 e. The predicted octanol–water partition coefficient (Wildman–Crippen LogP) is 20.9. The van der Waals surface area contributed by atoms with Gasteiger partial charge >= 0.3 is 17.9 Å². The van der Waals surface area contributed by atoms with Crippen molar-refractivity contribution in [3.05, 3.63) is 72.9 Å². The van der Waals surface area contributed by atoms with Crippen LogP contribution < -0.4 is 0 Å². The van der Waals surface area contributed by atoms with E-state index in [-0.39, 0.29) is 31.1 Å². The lowest BCUT2D eigenvalue weighted by Crippen LogP contribution is -2.30. The largest absolute Gasteiger partial charge is 0.462 e. The molecule has 0 heterocycles. The third-order valence-corrected chi connectivity index (χ3v) is 13.4. The number of hydrogen-bond donors (Lipinski definition) is 0. The fourth-order valence-electron chi connectivity index (χ4n) is 8.82. The lowest BCUT2D eigenvalue weighted by Gasteiger charge is -2.18. The number of allylic oxidation sites excluding steroid dienone is 12. The van der Waals surface area contributed by atoms with Gasteiger partial charge in [-0.1, -0.05) is 273 Å². The highest BCUT2D eigenvalue weighted by Gasteiger charge is 2.19. The average Bonchev–Trinajstić information content (AvgIpc) is 3.38. The second kappa shape index (κ2) is 60.4. The Morgan fingerprint density at radius 1 is 0.292 bits per heavy atom. The molecule has 0 aromatic carbocycles. The number of rotatable bonds is 56. The Bertz CT molecular complexity index is 1340. The molecule has 0 aromatic heterocycles. The Kier molecular flexibility index (Phi) is 57.8. The first-order valence-electron chi connectivity index (χ1n) is 30.9. The van der Waals surface area contributed by atoms with Crippen LogP contribution in [0.25, 0.3) is 0 Å². The molecule has 0 spiro atoms. The van der Waals surface area contributed by atoms with Gasteiger partial charge in [0.15, 0.2) is 6.10 Å². The van der Waals surface area contributed by atoms with E-state index in [1.807, 2.05) is 0 Å². The summed E-state index contributed by atoms with van der Waals surface area (Å²) in [7, 11) is 0. The molecule has 0 aliphatic carbocycles. The SMILES string of the molecule is CC/C=C\C/C=C\C/C=C\C/C=C\CCCCCCCCCCCCCCCCC(=O)OCC(COC(=O)CCCCCCCCCCCC)OC(=O)CCCCCCCCC/C=C\C/C=C\CCCCC. The number of ether oxygens (including phenoxy) is 3. The van der Waals surface area contributed by atoms with Crippen molar-refractivity contribution in [2.24, 2.45) is 0 Å². The first-order valence-corrected chi connectivity index (χ1v) is 30.9. The molecule has 6 heteroatoms. The highest BCUT2D eigenvalue weighted by molar-refractivity contribution is 5.71. The van der Waals surface area contributed by atoms with Crippen LogP contribution in [0, 0.1) is 0 Å². The summed E-state index contributed by atoms with van der Waals surface area (Å²) < 4.78 is 16.9. The van der Waals surface area contributed by atoms with Crippen LogP contribution in [0.4, 0.5) is 0 Å². The van der Waals surface area contributed by atoms with Crippen LogP contribution in [0.3, 0.4) is 0 Å². The van der Waals surface area contributed by atoms with E-state index < -0.39 is 6.10 Å². The zero-order chi connectivity index (χ0) is 52.2. The zero-order valence-electron chi connectivity index (χ0n) is 47.7. The summed E-state index contributed by atoms with van der Waals surface area (Å²) in [4.78, 5) is 38.2. The van der Waals surface area contributed by atoms with Crippen molar-refractivity contribution in [2.75, 3.05) is 13.2 Å². The van der Waals surface area contributed by atoms with Gasteiger partial charge in [-0.2, -0.15) is 0 Å². The van der Waals surface area contributed by atoms with E-state index in [4.69, 9.17) is 14.2 Å². The monoisotopic (exact) mass is 1000 g/mol. The van der Waals surface area contributed by atoms with Crippen LogP contribution in [-0.4, -0.2) is 37.2 Å². The highest BCUT2D eigenvalue weighted by atomic mass is 16.6. The number of carbonyl (C=O) groups excluding carboxylic acids is 3. The first-order chi connectivity index (χ1) is 35.5. The molecule has 416 valence electrons. The Hall–Kier alpha value is -3.15. The van der Waals surface area contributed by atoms with Gasteiger partial charge in [-0.05, 0) is 89.9 Å². The van der Waals surface area contributed by atoms with Gasteiger partial charge in [-0.25, -0.2) is 0 Å². The first kappa shape index (κ1) is 68.8. The van der Waals surface area contributed by atoms with Crippen molar-refractivity contribution in [3.8, 4) is 0 Å². The normalized spacial score (nSPS) is 12.5. The smallest absolute Gasteiger partial charge is 0.306 e. The second-order valence-electron chi connectivity index (χ2n) is 20.6. The van der Waals surface area contributed by atoms with Crippen molar-refractivity contribution in [1.29, 1.82) is 0 Å². The summed E-state index contributed by atoms with van der Waals surface area (Å²) in [5.41, 5.74) is 0. The molecule has 0 aliphatic rings. The van der Waals surface area contributed by atoms with Gasteiger partial charge < -0.3 is 14.2 Å². The second-order valence-corrected chi connectivity index (χ2v) is 20.6. The molecule has 0 aromatic rings. The third-order valence-electron chi connectivity index (χ3n) is 13.4. The lowest BCUT2D eigenvalue weighted by atomic mass is 10.0. The molecule has 0 bridgehead atoms. The standard InChI is InChI=1S/C66H116O6/c1-4-7-10-13-16-19-22-24-26-28-29-30-31-32-33-34-35-36-37-39-40-42-44-47-50-53-56-59-65(68)71-62-63(61-70-64(67)58-55-52-49-46-21-18-15-12-9-6-3)72-66(69)60-57-54-51-48-45-43-41-38-27-25-23-20-17-14-11-8-5-2/h7,10,16-17,19-20,24-27,29-30,63H,4-6,8-9,11-15,18,21-23,28,31-62H2,1-3H3/b10-7-,19-16-,20-17-,26-24-,27-25-,30-29-. The Labute approximate surface area is 446 Å². The fraction of sp³-hybridized carbons (Fsp3) is 0.773. The quantitative estimate of drug-likeness (QED) is 0.0261. The van der Waals surface area contributed by atoms with Gasteiger partial charge in [0.05, 0.1) is 0 Å². The summed E-state index contributed by atoms with van der Waals surface area (Å²) >= 11 is 0. The van der Waals surface area contributed by atoms with Gasteiger partial charge in [0, 0.05) is 19.3 Å². The molecule has 0 fully saturated rings. The average molecular weight is 1010 g/mol. The Morgan fingerprint density at radius 2 is 0.542 bits per heavy atom. The topological polar surface area (TPSA) is 78.9 Å². The van der Waals surface area contributed by atoms with Crippen molar-refractivity contribution in [1.82, 2.24) is 0 Å². The van der Waals surface area contributed by atoms with Crippen LogP contribution in [0.2, 0.25) is 0 Å². The van der Waals surface area contributed by atoms with Crippen LogP contribution in [0.5, 0.6) is 0 Å². The maximum atomic E-state index is 12.9. The zero-order valence-corrected chi connectivity index (χ0v) is 47.7. The number of hydrogen-bond acceptors (Lipinski definition) is 6. The van der Waals surface area contributed by atoms with Crippen LogP contribution >= 0.6 is 0 Å². The van der Waals surface area contributed by atoms with Crippen molar-refractivity contribution >= 4 is 17.9 Å². The van der Waals surface area contributed by atoms with Crippen molar-refractivity contribution in [3.63, 3.8) is 0 Å². The number of unbranched alkanes of at least 4 members (excludes halogenated alkanes) is 33. The molecule has 0 radical (unpaired) electrons. The maximum absolute atomic E-state index is 12.9. The summed E-state index contributed by atoms with van der Waals surface area (Å²) in [6.07, 6.45) is 77.7. The third kappa shape index (κ3) is 57.7. The Morgan fingerprint density at radius 3 is 0.875 bits per heavy atom. The van der Waals surface area contributed by atoms with E-state index in [0.717, 1.165) is 96.3 Å². The molecule has 1 unspecified atom stereocenters. The van der Waals surface area contributed by atoms with E-state index >= 15 is 0 Å². The summed E-state index contributed by atoms with van der Waals surface area (Å²) in [6.45, 7) is 6.51. The molecule has 0 amide bonds. The lowest BCUT2D eigenvalue weighted by molar-refractivity contribution is -0.167. The Balaban J connectivity index is 4.20. The van der Waals surface area contributed by atoms with Gasteiger partial charge in [-0.3, -0.25) is 14.4 Å². The minimum atomic E-state index is -0.777. The van der Waals surface area contributed by atoms with E-state index in [1.54, 1.807) is 0 Å². The van der Waals surface area contributed by atoms with E-state index in [0.29, 0.717) is 19.3 Å². The molecule has 6 nitrogen and oxygen atoms in total. The van der Waals surface area contributed by atoms with Crippen LogP contribution in [-0.2, 0) is 28.6 Å². The minimum Gasteiger partial charge on any atom is -0.462 e. The molecule has 0 saturated heterocycles. The van der Waals surface area contributed by atoms with E-state index in [1.165, 1.54) is 173 Å². The highest BCUT2D eigenvalue weighted by Crippen LogP contribution is 2.16. The van der Waals surface area contributed by atoms with E-state index in [9.17, 15) is 14.4 Å². The molecule has 72 heavy (non-hydrogen) atoms. The number of carbonyl (C=O) groups is 3. The van der Waals surface area contributed by atoms with Gasteiger partial charge in [0.2, 0.25) is 0 Å². The van der Waals surface area contributed by atoms with Gasteiger partial charge in [0.25, 0.3) is 0 Å². The van der Waals surface area contributed by atoms with Gasteiger partial charge in [0.1, 0.15) is 13.2 Å². The van der Waals surface area contributed by atoms with Gasteiger partial charge in [-0.15, -0.1) is 0 Å². The molecule has 0 rings (SSSR count). The van der Waals surface area contributed by atoms with E-state index in [2.05, 4.69) is 93.7 Å². The van der Waals surface area contributed by atoms with Crippen molar-refractivity contribution in [2.45, 2.75) is 316 Å². The summed E-state index contributed by atoms with van der Waals surface area (Å²) in [6, 6.07) is 0. The van der Waals surface area contributed by atoms with Crippen molar-refractivity contribution < 1.29 is 28.6 Å². The molecule has 0 saturated carbocycles. The molecular formula is C66H116O6. The number of esters is 3. The van der Waals surface area contributed by atoms with Crippen LogP contribution in [0.1, 0.15) is 310 Å². The van der Waals surface area contributed by atoms with Crippen LogP contribution in [0.15, 0.2) is 72.9 Å². The summed E-state index contributed by atoms with van der Waals surface area (Å²) in [5.74, 6) is -0.872. The molecular weight excluding hydrogens is 889 g/mol. The molecule has 0 aliphatic heterocycles. The molecule has 1 atom stereocenters.